The number of amides is 1. The zero-order chi connectivity index (χ0) is 13.0. The molecule has 0 heterocycles. The maximum absolute atomic E-state index is 12.3. The maximum Gasteiger partial charge on any atom is 0.254 e. The van der Waals surface area contributed by atoms with Crippen LogP contribution in [0.5, 0.6) is 0 Å². The van der Waals surface area contributed by atoms with Crippen molar-refractivity contribution in [3.8, 4) is 0 Å². The minimum absolute atomic E-state index is 0.0481. The molecular formula is C16H17NO. The lowest BCUT2D eigenvalue weighted by atomic mass is 10.1. The van der Waals surface area contributed by atoms with Crippen molar-refractivity contribution in [3.63, 3.8) is 0 Å². The summed E-state index contributed by atoms with van der Waals surface area (Å²) in [5, 5.41) is 0. The van der Waals surface area contributed by atoms with Crippen molar-refractivity contribution in [2.45, 2.75) is 13.0 Å². The first-order valence-corrected chi connectivity index (χ1v) is 6.07. The van der Waals surface area contributed by atoms with Crippen LogP contribution < -0.4 is 0 Å². The maximum atomic E-state index is 12.3. The topological polar surface area (TPSA) is 20.3 Å². The summed E-state index contributed by atoms with van der Waals surface area (Å²) >= 11 is 0. The van der Waals surface area contributed by atoms with Gasteiger partial charge in [-0.1, -0.05) is 48.5 Å². The van der Waals surface area contributed by atoms with Crippen molar-refractivity contribution in [3.05, 3.63) is 71.8 Å². The third kappa shape index (κ3) is 2.59. The molecule has 2 rings (SSSR count). The zero-order valence-electron chi connectivity index (χ0n) is 10.7. The van der Waals surface area contributed by atoms with E-state index in [1.807, 2.05) is 74.6 Å². The van der Waals surface area contributed by atoms with Crippen molar-refractivity contribution in [1.29, 1.82) is 0 Å². The minimum atomic E-state index is 0.0481. The van der Waals surface area contributed by atoms with Crippen LogP contribution in [0.3, 0.4) is 0 Å². The fourth-order valence-corrected chi connectivity index (χ4v) is 1.92. The average molecular weight is 239 g/mol. The molecule has 0 spiro atoms. The van der Waals surface area contributed by atoms with Gasteiger partial charge in [-0.05, 0) is 24.6 Å². The normalized spacial score (nSPS) is 11.9. The van der Waals surface area contributed by atoms with Crippen LogP contribution in [-0.4, -0.2) is 17.9 Å². The van der Waals surface area contributed by atoms with Crippen LogP contribution in [0, 0.1) is 0 Å². The van der Waals surface area contributed by atoms with E-state index in [0.29, 0.717) is 0 Å². The number of rotatable bonds is 3. The standard InChI is InChI=1S/C16H17NO/c1-13(14-9-5-3-6-10-14)17(2)16(18)15-11-7-4-8-12-15/h3-13H,1-2H3. The number of carbonyl (C=O) groups excluding carboxylic acids is 1. The van der Waals surface area contributed by atoms with Crippen molar-refractivity contribution >= 4 is 5.91 Å². The molecule has 0 fully saturated rings. The van der Waals surface area contributed by atoms with Crippen molar-refractivity contribution in [2.75, 3.05) is 7.05 Å². The molecule has 0 aliphatic heterocycles. The van der Waals surface area contributed by atoms with E-state index >= 15 is 0 Å². The number of carbonyl (C=O) groups is 1. The number of hydrogen-bond acceptors (Lipinski definition) is 1. The molecule has 1 unspecified atom stereocenters. The molecule has 2 aromatic carbocycles. The highest BCUT2D eigenvalue weighted by Crippen LogP contribution is 2.20. The van der Waals surface area contributed by atoms with Gasteiger partial charge in [0.25, 0.3) is 5.91 Å². The fraction of sp³-hybridized carbons (Fsp3) is 0.188. The van der Waals surface area contributed by atoms with Crippen molar-refractivity contribution in [1.82, 2.24) is 4.90 Å². The highest BCUT2D eigenvalue weighted by Gasteiger charge is 2.18. The predicted octanol–water partition coefficient (Wildman–Crippen LogP) is 3.52. The van der Waals surface area contributed by atoms with E-state index in [0.717, 1.165) is 11.1 Å². The van der Waals surface area contributed by atoms with Gasteiger partial charge in [-0.15, -0.1) is 0 Å². The Hall–Kier alpha value is -2.09. The monoisotopic (exact) mass is 239 g/mol. The molecule has 1 atom stereocenters. The Morgan fingerprint density at radius 3 is 2.00 bits per heavy atom. The smallest absolute Gasteiger partial charge is 0.254 e. The molecule has 0 bridgehead atoms. The van der Waals surface area contributed by atoms with E-state index in [2.05, 4.69) is 0 Å². The van der Waals surface area contributed by atoms with Crippen molar-refractivity contribution in [2.24, 2.45) is 0 Å². The summed E-state index contributed by atoms with van der Waals surface area (Å²) in [6.07, 6.45) is 0. The Morgan fingerprint density at radius 2 is 1.44 bits per heavy atom. The lowest BCUT2D eigenvalue weighted by Gasteiger charge is -2.25. The Labute approximate surface area is 108 Å². The van der Waals surface area contributed by atoms with Crippen LogP contribution >= 0.6 is 0 Å². The molecule has 0 saturated carbocycles. The van der Waals surface area contributed by atoms with Gasteiger partial charge in [0.1, 0.15) is 0 Å². The Morgan fingerprint density at radius 1 is 0.944 bits per heavy atom. The largest absolute Gasteiger partial charge is 0.335 e. The molecule has 0 aromatic heterocycles. The van der Waals surface area contributed by atoms with Crippen LogP contribution in [0.2, 0.25) is 0 Å². The number of nitrogens with zero attached hydrogens (tertiary/aromatic N) is 1. The predicted molar refractivity (Wildman–Crippen MR) is 73.4 cm³/mol. The first-order chi connectivity index (χ1) is 8.70. The van der Waals surface area contributed by atoms with Crippen LogP contribution in [0.4, 0.5) is 0 Å². The molecule has 0 aliphatic rings. The summed E-state index contributed by atoms with van der Waals surface area (Å²) in [5.74, 6) is 0.0481. The Kier molecular flexibility index (Phi) is 3.78. The quantitative estimate of drug-likeness (QED) is 0.802. The van der Waals surface area contributed by atoms with Crippen LogP contribution in [0.15, 0.2) is 60.7 Å². The second-order valence-corrected chi connectivity index (χ2v) is 4.37. The van der Waals surface area contributed by atoms with E-state index in [1.165, 1.54) is 0 Å². The molecule has 0 N–H and O–H groups in total. The van der Waals surface area contributed by atoms with Gasteiger partial charge in [-0.25, -0.2) is 0 Å². The van der Waals surface area contributed by atoms with Crippen LogP contribution in [-0.2, 0) is 0 Å². The van der Waals surface area contributed by atoms with Gasteiger partial charge < -0.3 is 4.90 Å². The summed E-state index contributed by atoms with van der Waals surface area (Å²) in [6.45, 7) is 2.04. The third-order valence-electron chi connectivity index (χ3n) is 3.20. The molecule has 0 aliphatic carbocycles. The second-order valence-electron chi connectivity index (χ2n) is 4.37. The lowest BCUT2D eigenvalue weighted by molar-refractivity contribution is 0.0742. The Bertz CT molecular complexity index is 507. The first kappa shape index (κ1) is 12.4. The van der Waals surface area contributed by atoms with E-state index < -0.39 is 0 Å². The second kappa shape index (κ2) is 5.50. The lowest BCUT2D eigenvalue weighted by Crippen LogP contribution is -2.29. The Balaban J connectivity index is 2.17. The van der Waals surface area contributed by atoms with Crippen LogP contribution in [0.1, 0.15) is 28.9 Å². The highest BCUT2D eigenvalue weighted by molar-refractivity contribution is 5.94. The summed E-state index contributed by atoms with van der Waals surface area (Å²) in [5.41, 5.74) is 1.87. The molecular weight excluding hydrogens is 222 g/mol. The number of benzene rings is 2. The third-order valence-corrected chi connectivity index (χ3v) is 3.20. The van der Waals surface area contributed by atoms with Gasteiger partial charge in [-0.2, -0.15) is 0 Å². The fourth-order valence-electron chi connectivity index (χ4n) is 1.92. The van der Waals surface area contributed by atoms with Gasteiger partial charge >= 0.3 is 0 Å². The van der Waals surface area contributed by atoms with Crippen molar-refractivity contribution < 1.29 is 4.79 Å². The summed E-state index contributed by atoms with van der Waals surface area (Å²) in [7, 11) is 1.84. The molecule has 92 valence electrons. The van der Waals surface area contributed by atoms with Gasteiger partial charge in [0, 0.05) is 12.6 Å². The molecule has 2 aromatic rings. The summed E-state index contributed by atoms with van der Waals surface area (Å²) in [6, 6.07) is 19.5. The average Bonchev–Trinajstić information content (AvgIpc) is 2.47. The summed E-state index contributed by atoms with van der Waals surface area (Å²) < 4.78 is 0. The first-order valence-electron chi connectivity index (χ1n) is 6.07. The van der Waals surface area contributed by atoms with Crippen LogP contribution in [0.25, 0.3) is 0 Å². The van der Waals surface area contributed by atoms with E-state index in [4.69, 9.17) is 0 Å². The molecule has 2 heteroatoms. The number of hydrogen-bond donors (Lipinski definition) is 0. The SMILES string of the molecule is CC(c1ccccc1)N(C)C(=O)c1ccccc1. The van der Waals surface area contributed by atoms with Gasteiger partial charge in [-0.3, -0.25) is 4.79 Å². The highest BCUT2D eigenvalue weighted by atomic mass is 16.2. The van der Waals surface area contributed by atoms with E-state index in [9.17, 15) is 4.79 Å². The van der Waals surface area contributed by atoms with E-state index in [-0.39, 0.29) is 11.9 Å². The molecule has 1 amide bonds. The molecule has 0 saturated heterocycles. The molecule has 18 heavy (non-hydrogen) atoms. The van der Waals surface area contributed by atoms with E-state index in [1.54, 1.807) is 4.90 Å². The minimum Gasteiger partial charge on any atom is -0.335 e. The van der Waals surface area contributed by atoms with Gasteiger partial charge in [0.05, 0.1) is 6.04 Å². The van der Waals surface area contributed by atoms with Gasteiger partial charge in [0.15, 0.2) is 0 Å². The summed E-state index contributed by atoms with van der Waals surface area (Å²) in [4.78, 5) is 14.1. The molecule has 2 nitrogen and oxygen atoms in total. The van der Waals surface area contributed by atoms with Gasteiger partial charge in [0.2, 0.25) is 0 Å². The zero-order valence-corrected chi connectivity index (χ0v) is 10.7. The molecule has 0 radical (unpaired) electrons.